The highest BCUT2D eigenvalue weighted by Crippen LogP contribution is 2.08. The maximum absolute atomic E-state index is 8.94. The summed E-state index contributed by atoms with van der Waals surface area (Å²) in [5.41, 5.74) is 1.41. The lowest BCUT2D eigenvalue weighted by Gasteiger charge is -2.08. The lowest BCUT2D eigenvalue weighted by atomic mass is 10.2. The van der Waals surface area contributed by atoms with Crippen molar-refractivity contribution >= 4 is 0 Å². The molecule has 0 amide bonds. The van der Waals surface area contributed by atoms with Crippen molar-refractivity contribution in [2.24, 2.45) is 0 Å². The molecule has 0 fully saturated rings. The molecule has 0 bridgehead atoms. The number of para-hydroxylation sites is 1. The summed E-state index contributed by atoms with van der Waals surface area (Å²) >= 11 is 0. The molecule has 0 radical (unpaired) electrons. The second-order valence-corrected chi connectivity index (χ2v) is 4.30. The van der Waals surface area contributed by atoms with Crippen LogP contribution in [0, 0.1) is 0 Å². The zero-order valence-electron chi connectivity index (χ0n) is 11.8. The van der Waals surface area contributed by atoms with Crippen molar-refractivity contribution in [3.05, 3.63) is 66.2 Å². The molecular weight excluding hydrogens is 276 g/mol. The van der Waals surface area contributed by atoms with Gasteiger partial charge in [-0.1, -0.05) is 70.3 Å². The second kappa shape index (κ2) is 14.1. The van der Waals surface area contributed by atoms with Crippen LogP contribution in [0.4, 0.5) is 0 Å². The fourth-order valence-corrected chi connectivity index (χ4v) is 1.48. The summed E-state index contributed by atoms with van der Waals surface area (Å²) < 4.78 is 5.15. The third-order valence-electron chi connectivity index (χ3n) is 2.65. The molecule has 2 N–H and O–H groups in total. The maximum atomic E-state index is 8.94. The number of aliphatic hydroxyl groups excluding tert-OH is 2. The average Bonchev–Trinajstić information content (AvgIpc) is 2.55. The van der Waals surface area contributed by atoms with Crippen LogP contribution in [0.1, 0.15) is 27.3 Å². The molecule has 0 aliphatic rings. The van der Waals surface area contributed by atoms with Gasteiger partial charge in [0.15, 0.2) is 0 Å². The first kappa shape index (κ1) is 22.4. The highest BCUT2D eigenvalue weighted by Gasteiger charge is 2.01. The second-order valence-electron chi connectivity index (χ2n) is 4.30. The van der Waals surface area contributed by atoms with Crippen LogP contribution < -0.4 is 4.74 Å². The highest BCUT2D eigenvalue weighted by molar-refractivity contribution is 5.20. The molecule has 1 atom stereocenters. The molecule has 22 heavy (non-hydrogen) atoms. The Balaban J connectivity index is 0. The molecule has 3 heteroatoms. The van der Waals surface area contributed by atoms with Gasteiger partial charge in [0.1, 0.15) is 18.5 Å². The third kappa shape index (κ3) is 9.97. The minimum Gasteiger partial charge on any atom is -0.491 e. The van der Waals surface area contributed by atoms with Gasteiger partial charge in [0.05, 0.1) is 6.61 Å². The number of benzene rings is 2. The molecule has 0 heterocycles. The van der Waals surface area contributed by atoms with Crippen molar-refractivity contribution < 1.29 is 14.9 Å². The number of hydrogen-bond donors (Lipinski definition) is 2. The number of aliphatic hydroxyl groups is 2. The molecule has 2 rings (SSSR count). The van der Waals surface area contributed by atoms with E-state index in [9.17, 15) is 0 Å². The third-order valence-corrected chi connectivity index (χ3v) is 2.65. The first-order valence-corrected chi connectivity index (χ1v) is 6.77. The molecule has 1 unspecified atom stereocenters. The Labute approximate surface area is 135 Å². The summed E-state index contributed by atoms with van der Waals surface area (Å²) in [7, 11) is 0. The SMILES string of the molecule is C.C.CCc1ccccc1.OCC(O)COc1ccccc1. The summed E-state index contributed by atoms with van der Waals surface area (Å²) in [6.07, 6.45) is 0.339. The van der Waals surface area contributed by atoms with Gasteiger partial charge in [-0.05, 0) is 24.1 Å². The Morgan fingerprint density at radius 2 is 1.41 bits per heavy atom. The Kier molecular flexibility index (Phi) is 14.4. The number of aryl methyl sites for hydroxylation is 1. The molecule has 0 aliphatic heterocycles. The van der Waals surface area contributed by atoms with Crippen LogP contribution >= 0.6 is 0 Å². The smallest absolute Gasteiger partial charge is 0.119 e. The molecule has 0 spiro atoms. The zero-order valence-corrected chi connectivity index (χ0v) is 11.8. The van der Waals surface area contributed by atoms with Crippen molar-refractivity contribution in [3.63, 3.8) is 0 Å². The minimum atomic E-state index is -0.801. The summed E-state index contributed by atoms with van der Waals surface area (Å²) in [5.74, 6) is 0.699. The van der Waals surface area contributed by atoms with Crippen LogP contribution in [0.2, 0.25) is 0 Å². The van der Waals surface area contributed by atoms with E-state index in [1.54, 1.807) is 12.1 Å². The van der Waals surface area contributed by atoms with Crippen LogP contribution in [0.3, 0.4) is 0 Å². The minimum absolute atomic E-state index is 0. The molecule has 124 valence electrons. The Bertz CT molecular complexity index is 443. The Morgan fingerprint density at radius 3 is 1.82 bits per heavy atom. The molecule has 0 saturated heterocycles. The molecule has 0 aliphatic carbocycles. The van der Waals surface area contributed by atoms with Gasteiger partial charge in [-0.2, -0.15) is 0 Å². The van der Waals surface area contributed by atoms with Crippen molar-refractivity contribution in [3.8, 4) is 5.75 Å². The maximum Gasteiger partial charge on any atom is 0.119 e. The normalized spacial score (nSPS) is 10.1. The lowest BCUT2D eigenvalue weighted by molar-refractivity contribution is 0.0536. The number of ether oxygens (including phenoxy) is 1. The topological polar surface area (TPSA) is 49.7 Å². The van der Waals surface area contributed by atoms with Crippen molar-refractivity contribution in [2.75, 3.05) is 13.2 Å². The van der Waals surface area contributed by atoms with Crippen molar-refractivity contribution in [1.29, 1.82) is 0 Å². The van der Waals surface area contributed by atoms with Crippen molar-refractivity contribution in [1.82, 2.24) is 0 Å². The Morgan fingerprint density at radius 1 is 0.909 bits per heavy atom. The predicted molar refractivity (Wildman–Crippen MR) is 94.3 cm³/mol. The lowest BCUT2D eigenvalue weighted by Crippen LogP contribution is -2.21. The average molecular weight is 306 g/mol. The largest absolute Gasteiger partial charge is 0.491 e. The summed E-state index contributed by atoms with van der Waals surface area (Å²) in [6, 6.07) is 19.6. The van der Waals surface area contributed by atoms with Crippen LogP contribution in [0.5, 0.6) is 5.75 Å². The van der Waals surface area contributed by atoms with E-state index in [0.717, 1.165) is 6.42 Å². The summed E-state index contributed by atoms with van der Waals surface area (Å²) in [4.78, 5) is 0. The fraction of sp³-hybridized carbons (Fsp3) is 0.368. The standard InChI is InChI=1S/C9H12O3.C8H10.2CH4/c10-6-8(11)7-12-9-4-2-1-3-5-9;1-2-8-6-4-3-5-7-8;;/h1-5,8,10-11H,6-7H2;3-7H,2H2,1H3;2*1H4. The molecule has 3 nitrogen and oxygen atoms in total. The summed E-state index contributed by atoms with van der Waals surface area (Å²) in [6.45, 7) is 2.02. The van der Waals surface area contributed by atoms with Crippen LogP contribution in [0.15, 0.2) is 60.7 Å². The number of rotatable bonds is 5. The van der Waals surface area contributed by atoms with E-state index >= 15 is 0 Å². The zero-order chi connectivity index (χ0) is 14.6. The molecule has 2 aromatic rings. The Hall–Kier alpha value is -1.84. The van der Waals surface area contributed by atoms with E-state index in [1.165, 1.54) is 5.56 Å². The van der Waals surface area contributed by atoms with Gasteiger partial charge in [-0.25, -0.2) is 0 Å². The number of hydrogen-bond acceptors (Lipinski definition) is 3. The van der Waals surface area contributed by atoms with Gasteiger partial charge >= 0.3 is 0 Å². The van der Waals surface area contributed by atoms with Gasteiger partial charge in [0.2, 0.25) is 0 Å². The van der Waals surface area contributed by atoms with Crippen LogP contribution in [-0.2, 0) is 6.42 Å². The monoisotopic (exact) mass is 306 g/mol. The van der Waals surface area contributed by atoms with Gasteiger partial charge in [0, 0.05) is 0 Å². The van der Waals surface area contributed by atoms with Gasteiger partial charge in [-0.15, -0.1) is 0 Å². The van der Waals surface area contributed by atoms with Gasteiger partial charge in [0.25, 0.3) is 0 Å². The van der Waals surface area contributed by atoms with E-state index < -0.39 is 6.10 Å². The molecule has 2 aromatic carbocycles. The van der Waals surface area contributed by atoms with E-state index in [4.69, 9.17) is 14.9 Å². The van der Waals surface area contributed by atoms with E-state index in [0.29, 0.717) is 5.75 Å². The highest BCUT2D eigenvalue weighted by atomic mass is 16.5. The van der Waals surface area contributed by atoms with E-state index in [2.05, 4.69) is 31.2 Å². The molecule has 0 saturated carbocycles. The molecule has 0 aromatic heterocycles. The van der Waals surface area contributed by atoms with Gasteiger partial charge in [-0.3, -0.25) is 0 Å². The summed E-state index contributed by atoms with van der Waals surface area (Å²) in [5, 5.41) is 17.4. The van der Waals surface area contributed by atoms with E-state index in [1.807, 2.05) is 24.3 Å². The van der Waals surface area contributed by atoms with Crippen LogP contribution in [-0.4, -0.2) is 29.5 Å². The predicted octanol–water partition coefficient (Wildman–Crippen LogP) is 3.94. The first-order valence-electron chi connectivity index (χ1n) is 6.77. The van der Waals surface area contributed by atoms with Gasteiger partial charge < -0.3 is 14.9 Å². The van der Waals surface area contributed by atoms with Crippen molar-refractivity contribution in [2.45, 2.75) is 34.3 Å². The van der Waals surface area contributed by atoms with Crippen LogP contribution in [0.25, 0.3) is 0 Å². The fourth-order valence-electron chi connectivity index (χ4n) is 1.48. The quantitative estimate of drug-likeness (QED) is 0.879. The molecular formula is C19H30O3. The first-order chi connectivity index (χ1) is 9.76. The van der Waals surface area contributed by atoms with E-state index in [-0.39, 0.29) is 28.1 Å².